The smallest absolute Gasteiger partial charge is 0.262 e. The zero-order valence-electron chi connectivity index (χ0n) is 34.8. The van der Waals surface area contributed by atoms with Gasteiger partial charge in [-0.05, 0) is 69.9 Å². The first-order valence-electron chi connectivity index (χ1n) is 21.6. The summed E-state index contributed by atoms with van der Waals surface area (Å²) in [4.78, 5) is 76.4. The van der Waals surface area contributed by atoms with Gasteiger partial charge in [0.05, 0.1) is 72.5 Å². The summed E-state index contributed by atoms with van der Waals surface area (Å²) in [6.07, 6.45) is 8.03. The summed E-state index contributed by atoms with van der Waals surface area (Å²) in [7, 11) is 0. The van der Waals surface area contributed by atoms with E-state index >= 15 is 4.39 Å². The molecular weight excluding hydrogens is 814 g/mol. The summed E-state index contributed by atoms with van der Waals surface area (Å²) >= 11 is 0. The van der Waals surface area contributed by atoms with E-state index in [2.05, 4.69) is 25.5 Å². The predicted molar refractivity (Wildman–Crippen MR) is 226 cm³/mol. The fraction of sp³-hybridized carbons (Fsp3) is 0.455. The number of aromatic nitrogens is 5. The van der Waals surface area contributed by atoms with Crippen LogP contribution in [-0.2, 0) is 14.3 Å². The number of imide groups is 2. The van der Waals surface area contributed by atoms with Crippen LogP contribution in [0.1, 0.15) is 83.1 Å². The highest BCUT2D eigenvalue weighted by Crippen LogP contribution is 2.38. The molecule has 2 bridgehead atoms. The van der Waals surface area contributed by atoms with Crippen LogP contribution in [-0.4, -0.2) is 140 Å². The lowest BCUT2D eigenvalue weighted by atomic mass is 9.92. The van der Waals surface area contributed by atoms with Gasteiger partial charge in [-0.1, -0.05) is 0 Å². The molecule has 2 aromatic carbocycles. The van der Waals surface area contributed by atoms with E-state index in [9.17, 15) is 24.0 Å². The van der Waals surface area contributed by atoms with Crippen molar-refractivity contribution in [1.82, 2.24) is 39.5 Å². The van der Waals surface area contributed by atoms with Gasteiger partial charge in [0.2, 0.25) is 11.8 Å². The first-order chi connectivity index (χ1) is 30.4. The average Bonchev–Trinajstić information content (AvgIpc) is 4.10. The van der Waals surface area contributed by atoms with Crippen LogP contribution in [0.25, 0.3) is 16.6 Å². The predicted octanol–water partition coefficient (Wildman–Crippen LogP) is 3.36. The van der Waals surface area contributed by atoms with Gasteiger partial charge in [0.1, 0.15) is 23.2 Å². The number of carbonyl (C=O) groups is 5. The lowest BCUT2D eigenvalue weighted by molar-refractivity contribution is -0.136. The molecule has 3 aromatic heterocycles. The molecule has 2 N–H and O–H groups in total. The zero-order valence-corrected chi connectivity index (χ0v) is 34.8. The lowest BCUT2D eigenvalue weighted by Crippen LogP contribution is -2.64. The van der Waals surface area contributed by atoms with Crippen LogP contribution >= 0.6 is 0 Å². The van der Waals surface area contributed by atoms with Crippen molar-refractivity contribution in [2.24, 2.45) is 0 Å². The molecule has 11 rings (SSSR count). The maximum Gasteiger partial charge on any atom is 0.262 e. The molecule has 63 heavy (non-hydrogen) atoms. The Labute approximate surface area is 360 Å². The van der Waals surface area contributed by atoms with E-state index in [0.717, 1.165) is 47.4 Å². The molecule has 1 unspecified atom stereocenters. The number of alkyl halides is 1. The van der Waals surface area contributed by atoms with E-state index in [4.69, 9.17) is 19.6 Å². The molecule has 18 nitrogen and oxygen atoms in total. The molecule has 5 saturated heterocycles. The number of benzene rings is 2. The van der Waals surface area contributed by atoms with Crippen LogP contribution in [0, 0.1) is 0 Å². The number of carbonyl (C=O) groups excluding carboxylic acids is 5. The van der Waals surface area contributed by atoms with Gasteiger partial charge in [-0.15, -0.1) is 0 Å². The minimum absolute atomic E-state index is 0.0425. The Hall–Kier alpha value is -6.47. The Morgan fingerprint density at radius 2 is 1.84 bits per heavy atom. The molecule has 19 heteroatoms. The van der Waals surface area contributed by atoms with Gasteiger partial charge in [-0.3, -0.25) is 43.8 Å². The molecule has 326 valence electrons. The monoisotopic (exact) mass is 859 g/mol. The molecule has 0 saturated carbocycles. The van der Waals surface area contributed by atoms with Crippen molar-refractivity contribution in [3.8, 4) is 5.75 Å². The van der Waals surface area contributed by atoms with E-state index in [0.29, 0.717) is 48.0 Å². The SMILES string of the molecule is CC(C)Oc1cc2nn(C3CCN(CC4(F)CN(c5ccc6c(c5)C(=O)N(C5CCC(=O)NC5=O)C6=O)C4)CC3)cc2cc1NC(=O)c1cnn2ccc(N3C[C@H]4C[C@@H]3CO4)nc12. The summed E-state index contributed by atoms with van der Waals surface area (Å²) in [5.41, 5.74) is 1.59. The zero-order chi connectivity index (χ0) is 43.3. The number of halogens is 1. The van der Waals surface area contributed by atoms with Gasteiger partial charge in [0.15, 0.2) is 11.3 Å². The third-order valence-corrected chi connectivity index (χ3v) is 13.2. The summed E-state index contributed by atoms with van der Waals surface area (Å²) in [6.45, 7) is 7.21. The van der Waals surface area contributed by atoms with Crippen molar-refractivity contribution < 1.29 is 37.8 Å². The van der Waals surface area contributed by atoms with E-state index < -0.39 is 35.3 Å². The molecule has 5 amide bonds. The largest absolute Gasteiger partial charge is 0.489 e. The lowest BCUT2D eigenvalue weighted by Gasteiger charge is -2.48. The third kappa shape index (κ3) is 6.93. The van der Waals surface area contributed by atoms with Crippen LogP contribution < -0.4 is 25.2 Å². The highest BCUT2D eigenvalue weighted by atomic mass is 19.1. The van der Waals surface area contributed by atoms with E-state index in [1.54, 1.807) is 22.7 Å². The highest BCUT2D eigenvalue weighted by Gasteiger charge is 2.48. The number of fused-ring (bicyclic) bond motifs is 5. The van der Waals surface area contributed by atoms with Crippen molar-refractivity contribution in [2.45, 2.75) is 82.0 Å². The van der Waals surface area contributed by atoms with E-state index in [-0.39, 0.29) is 73.8 Å². The van der Waals surface area contributed by atoms with Crippen LogP contribution in [0.5, 0.6) is 5.75 Å². The standard InChI is InChI=1S/C44H46FN11O7/c1-24(2)63-36-16-33-25(13-34(36)47-40(58)32-17-46-54-12-9-37(48-39(32)54)53-19-29-14-28(53)20-62-29)18-55(50-33)26-7-10-51(11-8-26)21-44(45)22-52(23-44)27-3-4-30-31(15-27)43(61)56(42(30)60)35-5-6-38(57)49-41(35)59/h3-4,9,12-13,15-18,24,26,28-29,35H,5-8,10-11,14,19-23H2,1-2H3,(H,47,58)(H,49,57,59)/t28-,29-,35?/m1/s1. The molecule has 3 atom stereocenters. The molecule has 6 aliphatic heterocycles. The number of nitrogens with one attached hydrogen (secondary N) is 2. The number of anilines is 3. The van der Waals surface area contributed by atoms with Gasteiger partial charge >= 0.3 is 0 Å². The van der Waals surface area contributed by atoms with Crippen LogP contribution in [0.15, 0.2) is 55.0 Å². The van der Waals surface area contributed by atoms with Crippen molar-refractivity contribution in [1.29, 1.82) is 0 Å². The Morgan fingerprint density at radius 1 is 1.03 bits per heavy atom. The molecule has 0 radical (unpaired) electrons. The Bertz CT molecular complexity index is 2740. The topological polar surface area (TPSA) is 189 Å². The molecule has 6 aliphatic rings. The first-order valence-corrected chi connectivity index (χ1v) is 21.6. The average molecular weight is 860 g/mol. The third-order valence-electron chi connectivity index (χ3n) is 13.2. The Morgan fingerprint density at radius 3 is 2.59 bits per heavy atom. The quantitative estimate of drug-likeness (QED) is 0.195. The van der Waals surface area contributed by atoms with Gasteiger partial charge < -0.3 is 24.6 Å². The van der Waals surface area contributed by atoms with E-state index in [1.165, 1.54) is 6.20 Å². The number of hydrogen-bond acceptors (Lipinski definition) is 13. The number of ether oxygens (including phenoxy) is 2. The molecule has 5 aromatic rings. The minimum Gasteiger partial charge on any atom is -0.489 e. The molecular formula is C44H46FN11O7. The fourth-order valence-electron chi connectivity index (χ4n) is 10.1. The number of hydrogen-bond donors (Lipinski definition) is 2. The van der Waals surface area contributed by atoms with Crippen LogP contribution in [0.4, 0.5) is 21.6 Å². The van der Waals surface area contributed by atoms with Crippen molar-refractivity contribution in [2.75, 3.05) is 61.0 Å². The fourth-order valence-corrected chi connectivity index (χ4v) is 10.1. The molecule has 9 heterocycles. The molecule has 0 aliphatic carbocycles. The van der Waals surface area contributed by atoms with Crippen LogP contribution in [0.2, 0.25) is 0 Å². The maximum absolute atomic E-state index is 16.2. The van der Waals surface area contributed by atoms with Gasteiger partial charge in [-0.25, -0.2) is 13.9 Å². The molecule has 5 fully saturated rings. The van der Waals surface area contributed by atoms with Crippen molar-refractivity contribution in [3.05, 3.63) is 71.7 Å². The maximum atomic E-state index is 16.2. The van der Waals surface area contributed by atoms with Gasteiger partial charge in [0.25, 0.3) is 17.7 Å². The second-order valence-corrected chi connectivity index (χ2v) is 17.9. The minimum atomic E-state index is -1.46. The summed E-state index contributed by atoms with van der Waals surface area (Å²) in [5, 5.41) is 15.4. The Kier molecular flexibility index (Phi) is 9.27. The number of nitrogens with zero attached hydrogens (tertiary/aromatic N) is 9. The van der Waals surface area contributed by atoms with Crippen LogP contribution in [0.3, 0.4) is 0 Å². The second-order valence-electron chi connectivity index (χ2n) is 17.9. The summed E-state index contributed by atoms with van der Waals surface area (Å²) in [6, 6.07) is 9.84. The molecule has 0 spiro atoms. The second kappa shape index (κ2) is 14.8. The summed E-state index contributed by atoms with van der Waals surface area (Å²) in [5.74, 6) is -1.31. The van der Waals surface area contributed by atoms with Gasteiger partial charge in [0, 0.05) is 62.1 Å². The van der Waals surface area contributed by atoms with Gasteiger partial charge in [-0.2, -0.15) is 10.2 Å². The first kappa shape index (κ1) is 39.4. The number of piperidine rings is 2. The Balaban J connectivity index is 0.727. The normalized spacial score (nSPS) is 23.6. The highest BCUT2D eigenvalue weighted by molar-refractivity contribution is 6.23. The number of rotatable bonds is 10. The van der Waals surface area contributed by atoms with Crippen molar-refractivity contribution >= 4 is 63.3 Å². The van der Waals surface area contributed by atoms with E-state index in [1.807, 2.05) is 54.0 Å². The number of morpholine rings is 1. The van der Waals surface area contributed by atoms with Crippen molar-refractivity contribution in [3.63, 3.8) is 0 Å². The summed E-state index contributed by atoms with van der Waals surface area (Å²) < 4.78 is 31.7. The number of amides is 5. The number of likely N-dealkylation sites (tertiary alicyclic amines) is 1.